The van der Waals surface area contributed by atoms with E-state index in [1.165, 1.54) is 22.6 Å². The molecule has 0 saturated carbocycles. The number of benzene rings is 1. The normalized spacial score (nSPS) is 18.9. The van der Waals surface area contributed by atoms with E-state index in [4.69, 9.17) is 4.74 Å². The van der Waals surface area contributed by atoms with Crippen LogP contribution in [-0.4, -0.2) is 25.5 Å². The van der Waals surface area contributed by atoms with Crippen LogP contribution in [0, 0.1) is 5.92 Å². The van der Waals surface area contributed by atoms with E-state index < -0.39 is 0 Å². The Morgan fingerprint density at radius 3 is 3.06 bits per heavy atom. The number of rotatable bonds is 6. The molecule has 1 heterocycles. The minimum atomic E-state index is 0.505. The zero-order valence-electron chi connectivity index (χ0n) is 11.3. The quantitative estimate of drug-likeness (QED) is 0.796. The Bertz CT molecular complexity index is 367. The van der Waals surface area contributed by atoms with Crippen molar-refractivity contribution in [3.05, 3.63) is 29.8 Å². The molecule has 2 rings (SSSR count). The fourth-order valence-electron chi connectivity index (χ4n) is 2.18. The molecule has 1 N–H and O–H groups in total. The van der Waals surface area contributed by atoms with Crippen molar-refractivity contribution < 1.29 is 4.74 Å². The standard InChI is InChI=1S/C15H23NOS/c1-12(2)11-17-9-8-16-14-7-10-18-15-6-4-3-5-13(14)15/h3-6,12,14,16H,7-11H2,1-2H3. The topological polar surface area (TPSA) is 21.3 Å². The molecule has 1 aliphatic rings. The Kier molecular flexibility index (Phi) is 5.54. The van der Waals surface area contributed by atoms with Crippen LogP contribution in [0.2, 0.25) is 0 Å². The van der Waals surface area contributed by atoms with Gasteiger partial charge in [-0.3, -0.25) is 0 Å². The first kappa shape index (κ1) is 13.9. The summed E-state index contributed by atoms with van der Waals surface area (Å²) < 4.78 is 5.61. The highest BCUT2D eigenvalue weighted by Crippen LogP contribution is 2.35. The fraction of sp³-hybridized carbons (Fsp3) is 0.600. The molecule has 18 heavy (non-hydrogen) atoms. The van der Waals surface area contributed by atoms with Crippen molar-refractivity contribution in [3.8, 4) is 0 Å². The second kappa shape index (κ2) is 7.17. The molecule has 1 aromatic rings. The molecular weight excluding hydrogens is 242 g/mol. The van der Waals surface area contributed by atoms with Crippen LogP contribution in [0.4, 0.5) is 0 Å². The van der Waals surface area contributed by atoms with Crippen LogP contribution in [-0.2, 0) is 4.74 Å². The highest BCUT2D eigenvalue weighted by atomic mass is 32.2. The van der Waals surface area contributed by atoms with E-state index in [2.05, 4.69) is 43.4 Å². The number of thioether (sulfide) groups is 1. The summed E-state index contributed by atoms with van der Waals surface area (Å²) in [6.45, 7) is 6.98. The van der Waals surface area contributed by atoms with E-state index in [1.807, 2.05) is 11.8 Å². The first-order valence-corrected chi connectivity index (χ1v) is 7.79. The lowest BCUT2D eigenvalue weighted by Crippen LogP contribution is -2.28. The van der Waals surface area contributed by atoms with Gasteiger partial charge in [0.05, 0.1) is 6.61 Å². The van der Waals surface area contributed by atoms with Crippen LogP contribution < -0.4 is 5.32 Å². The molecule has 1 unspecified atom stereocenters. The monoisotopic (exact) mass is 265 g/mol. The van der Waals surface area contributed by atoms with Crippen LogP contribution in [0.5, 0.6) is 0 Å². The van der Waals surface area contributed by atoms with Crippen molar-refractivity contribution >= 4 is 11.8 Å². The van der Waals surface area contributed by atoms with Gasteiger partial charge in [0, 0.05) is 24.1 Å². The summed E-state index contributed by atoms with van der Waals surface area (Å²) in [5.74, 6) is 1.83. The zero-order chi connectivity index (χ0) is 12.8. The zero-order valence-corrected chi connectivity index (χ0v) is 12.1. The molecule has 0 aliphatic carbocycles. The highest BCUT2D eigenvalue weighted by molar-refractivity contribution is 7.99. The molecule has 0 fully saturated rings. The van der Waals surface area contributed by atoms with Gasteiger partial charge in [0.2, 0.25) is 0 Å². The van der Waals surface area contributed by atoms with Crippen LogP contribution in [0.15, 0.2) is 29.2 Å². The van der Waals surface area contributed by atoms with E-state index in [0.29, 0.717) is 12.0 Å². The molecule has 0 amide bonds. The number of nitrogens with one attached hydrogen (secondary N) is 1. The summed E-state index contributed by atoms with van der Waals surface area (Å²) in [5.41, 5.74) is 1.46. The third kappa shape index (κ3) is 4.01. The molecule has 3 heteroatoms. The van der Waals surface area contributed by atoms with Gasteiger partial charge in [-0.15, -0.1) is 11.8 Å². The molecule has 1 aliphatic heterocycles. The molecule has 0 bridgehead atoms. The van der Waals surface area contributed by atoms with Crippen molar-refractivity contribution in [1.82, 2.24) is 5.32 Å². The van der Waals surface area contributed by atoms with Gasteiger partial charge >= 0.3 is 0 Å². The maximum atomic E-state index is 5.61. The van der Waals surface area contributed by atoms with Crippen LogP contribution in [0.3, 0.4) is 0 Å². The Labute approximate surface area is 114 Å². The van der Waals surface area contributed by atoms with E-state index in [1.54, 1.807) is 0 Å². The Morgan fingerprint density at radius 1 is 1.39 bits per heavy atom. The first-order chi connectivity index (χ1) is 8.77. The molecular formula is C15H23NOS. The largest absolute Gasteiger partial charge is 0.380 e. The average molecular weight is 265 g/mol. The number of hydrogen-bond donors (Lipinski definition) is 1. The number of ether oxygens (including phenoxy) is 1. The SMILES string of the molecule is CC(C)COCCNC1CCSc2ccccc21. The molecule has 0 saturated heterocycles. The van der Waals surface area contributed by atoms with Crippen molar-refractivity contribution in [2.45, 2.75) is 31.2 Å². The van der Waals surface area contributed by atoms with Gasteiger partial charge in [-0.25, -0.2) is 0 Å². The predicted molar refractivity (Wildman–Crippen MR) is 78.2 cm³/mol. The minimum Gasteiger partial charge on any atom is -0.380 e. The molecule has 0 aromatic heterocycles. The van der Waals surface area contributed by atoms with Crippen LogP contribution >= 0.6 is 11.8 Å². The lowest BCUT2D eigenvalue weighted by Gasteiger charge is -2.26. The summed E-state index contributed by atoms with van der Waals surface area (Å²) >= 11 is 1.97. The average Bonchev–Trinajstić information content (AvgIpc) is 2.38. The summed E-state index contributed by atoms with van der Waals surface area (Å²) in [6.07, 6.45) is 1.21. The summed E-state index contributed by atoms with van der Waals surface area (Å²) in [4.78, 5) is 1.43. The van der Waals surface area contributed by atoms with Gasteiger partial charge in [-0.2, -0.15) is 0 Å². The summed E-state index contributed by atoms with van der Waals surface area (Å²) in [6, 6.07) is 9.23. The predicted octanol–water partition coefficient (Wildman–Crippen LogP) is 3.49. The van der Waals surface area contributed by atoms with Crippen LogP contribution in [0.25, 0.3) is 0 Å². The van der Waals surface area contributed by atoms with Crippen molar-refractivity contribution in [3.63, 3.8) is 0 Å². The molecule has 1 atom stereocenters. The molecule has 0 radical (unpaired) electrons. The summed E-state index contributed by atoms with van der Waals surface area (Å²) in [5, 5.41) is 3.61. The van der Waals surface area contributed by atoms with Gasteiger partial charge in [0.1, 0.15) is 0 Å². The van der Waals surface area contributed by atoms with Gasteiger partial charge in [0.25, 0.3) is 0 Å². The maximum Gasteiger partial charge on any atom is 0.0591 e. The van der Waals surface area contributed by atoms with Gasteiger partial charge in [-0.05, 0) is 29.7 Å². The lowest BCUT2D eigenvalue weighted by molar-refractivity contribution is 0.110. The second-order valence-corrected chi connectivity index (χ2v) is 6.29. The third-order valence-electron chi connectivity index (χ3n) is 3.05. The van der Waals surface area contributed by atoms with E-state index >= 15 is 0 Å². The fourth-order valence-corrected chi connectivity index (χ4v) is 3.30. The van der Waals surface area contributed by atoms with Crippen molar-refractivity contribution in [1.29, 1.82) is 0 Å². The third-order valence-corrected chi connectivity index (χ3v) is 4.17. The van der Waals surface area contributed by atoms with E-state index in [-0.39, 0.29) is 0 Å². The number of hydrogen-bond acceptors (Lipinski definition) is 3. The molecule has 100 valence electrons. The smallest absolute Gasteiger partial charge is 0.0591 e. The molecule has 1 aromatic carbocycles. The Balaban J connectivity index is 1.77. The molecule has 0 spiro atoms. The lowest BCUT2D eigenvalue weighted by atomic mass is 10.0. The Morgan fingerprint density at radius 2 is 2.22 bits per heavy atom. The van der Waals surface area contributed by atoms with Crippen molar-refractivity contribution in [2.75, 3.05) is 25.5 Å². The van der Waals surface area contributed by atoms with Crippen molar-refractivity contribution in [2.24, 2.45) is 5.92 Å². The van der Waals surface area contributed by atoms with E-state index in [9.17, 15) is 0 Å². The highest BCUT2D eigenvalue weighted by Gasteiger charge is 2.19. The first-order valence-electron chi connectivity index (χ1n) is 6.80. The maximum absolute atomic E-state index is 5.61. The number of fused-ring (bicyclic) bond motifs is 1. The van der Waals surface area contributed by atoms with E-state index in [0.717, 1.165) is 19.8 Å². The van der Waals surface area contributed by atoms with Gasteiger partial charge < -0.3 is 10.1 Å². The van der Waals surface area contributed by atoms with Crippen LogP contribution in [0.1, 0.15) is 31.9 Å². The van der Waals surface area contributed by atoms with Gasteiger partial charge in [0.15, 0.2) is 0 Å². The van der Waals surface area contributed by atoms with Gasteiger partial charge in [-0.1, -0.05) is 32.0 Å². The molecule has 2 nitrogen and oxygen atoms in total. The summed E-state index contributed by atoms with van der Waals surface area (Å²) in [7, 11) is 0. The second-order valence-electron chi connectivity index (χ2n) is 5.15. The Hall–Kier alpha value is -0.510. The minimum absolute atomic E-state index is 0.505.